The van der Waals surface area contributed by atoms with Crippen molar-refractivity contribution < 1.29 is 17.6 Å². The third-order valence-electron chi connectivity index (χ3n) is 6.41. The molecule has 1 aromatic heterocycles. The van der Waals surface area contributed by atoms with E-state index >= 15 is 0 Å². The van der Waals surface area contributed by atoms with Crippen LogP contribution in [-0.2, 0) is 28.3 Å². The molecule has 1 aliphatic rings. The summed E-state index contributed by atoms with van der Waals surface area (Å²) in [5, 5.41) is 3.07. The predicted octanol–water partition coefficient (Wildman–Crippen LogP) is 2.72. The van der Waals surface area contributed by atoms with Crippen LogP contribution in [0.1, 0.15) is 38.2 Å². The Bertz CT molecular complexity index is 1300. The van der Waals surface area contributed by atoms with Crippen molar-refractivity contribution in [2.24, 2.45) is 13.0 Å². The van der Waals surface area contributed by atoms with E-state index in [0.29, 0.717) is 11.4 Å². The lowest BCUT2D eigenvalue weighted by Gasteiger charge is -2.31. The highest BCUT2D eigenvalue weighted by atomic mass is 32.2. The minimum absolute atomic E-state index is 0.0315. The van der Waals surface area contributed by atoms with Crippen molar-refractivity contribution in [3.05, 3.63) is 64.6 Å². The fourth-order valence-corrected chi connectivity index (χ4v) is 5.60. The number of hydrogen-bond donors (Lipinski definition) is 2. The Morgan fingerprint density at radius 1 is 1.15 bits per heavy atom. The monoisotopic (exact) mass is 471 g/mol. The summed E-state index contributed by atoms with van der Waals surface area (Å²) >= 11 is 0. The summed E-state index contributed by atoms with van der Waals surface area (Å²) in [7, 11) is -2.51. The number of hydrogen-bond acceptors (Lipinski definition) is 5. The van der Waals surface area contributed by atoms with Crippen LogP contribution in [0.2, 0.25) is 0 Å². The van der Waals surface area contributed by atoms with Gasteiger partial charge in [0.05, 0.1) is 10.4 Å². The van der Waals surface area contributed by atoms with E-state index in [1.54, 1.807) is 7.05 Å². The van der Waals surface area contributed by atoms with Crippen LogP contribution >= 0.6 is 0 Å². The van der Waals surface area contributed by atoms with Gasteiger partial charge < -0.3 is 9.73 Å². The highest BCUT2D eigenvalue weighted by Crippen LogP contribution is 2.24. The maximum absolute atomic E-state index is 13.2. The van der Waals surface area contributed by atoms with Gasteiger partial charge >= 0.3 is 5.76 Å². The SMILES string of the molecule is CC1CCCCC1NC(=O)C(Cc1ccccc1)NS(=O)(=O)c1ccc2c(c1)oc(=O)n2C. The van der Waals surface area contributed by atoms with E-state index in [-0.39, 0.29) is 28.8 Å². The second-order valence-electron chi connectivity index (χ2n) is 8.80. The second kappa shape index (κ2) is 9.52. The highest BCUT2D eigenvalue weighted by Gasteiger charge is 2.30. The predicted molar refractivity (Wildman–Crippen MR) is 125 cm³/mol. The van der Waals surface area contributed by atoms with Gasteiger partial charge in [-0.1, -0.05) is 50.1 Å². The van der Waals surface area contributed by atoms with Crippen molar-refractivity contribution in [3.63, 3.8) is 0 Å². The number of sulfonamides is 1. The molecule has 2 N–H and O–H groups in total. The topological polar surface area (TPSA) is 110 Å². The molecule has 9 heteroatoms. The number of carbonyl (C=O) groups excluding carboxylic acids is 1. The fraction of sp³-hybridized carbons (Fsp3) is 0.417. The Kier molecular flexibility index (Phi) is 6.71. The van der Waals surface area contributed by atoms with E-state index in [2.05, 4.69) is 17.0 Å². The van der Waals surface area contributed by atoms with E-state index in [1.165, 1.54) is 22.8 Å². The molecule has 0 radical (unpaired) electrons. The Labute approximate surface area is 193 Å². The largest absolute Gasteiger partial charge is 0.419 e. The van der Waals surface area contributed by atoms with Crippen molar-refractivity contribution >= 4 is 27.0 Å². The molecule has 33 heavy (non-hydrogen) atoms. The summed E-state index contributed by atoms with van der Waals surface area (Å²) in [6, 6.07) is 12.6. The van der Waals surface area contributed by atoms with Gasteiger partial charge in [0.15, 0.2) is 5.58 Å². The van der Waals surface area contributed by atoms with E-state index in [1.807, 2.05) is 30.3 Å². The molecule has 2 aromatic carbocycles. The molecule has 3 aromatic rings. The molecule has 1 amide bonds. The second-order valence-corrected chi connectivity index (χ2v) is 10.5. The van der Waals surface area contributed by atoms with Crippen LogP contribution in [0, 0.1) is 5.92 Å². The van der Waals surface area contributed by atoms with Crippen LogP contribution in [0.4, 0.5) is 0 Å². The lowest BCUT2D eigenvalue weighted by atomic mass is 9.86. The molecule has 3 atom stereocenters. The maximum Gasteiger partial charge on any atom is 0.419 e. The van der Waals surface area contributed by atoms with Crippen molar-refractivity contribution in [1.82, 2.24) is 14.6 Å². The van der Waals surface area contributed by atoms with Crippen LogP contribution < -0.4 is 15.8 Å². The van der Waals surface area contributed by atoms with Crippen molar-refractivity contribution in [3.8, 4) is 0 Å². The average molecular weight is 472 g/mol. The van der Waals surface area contributed by atoms with Crippen molar-refractivity contribution in [2.75, 3.05) is 0 Å². The van der Waals surface area contributed by atoms with Gasteiger partial charge in [-0.3, -0.25) is 9.36 Å². The first-order valence-electron chi connectivity index (χ1n) is 11.2. The maximum atomic E-state index is 13.2. The molecule has 1 aliphatic carbocycles. The van der Waals surface area contributed by atoms with Crippen LogP contribution in [0.25, 0.3) is 11.1 Å². The Hall–Kier alpha value is -2.91. The minimum atomic E-state index is -4.06. The first-order chi connectivity index (χ1) is 15.7. The summed E-state index contributed by atoms with van der Waals surface area (Å²) in [5.41, 5.74) is 1.51. The average Bonchev–Trinajstić information content (AvgIpc) is 3.08. The van der Waals surface area contributed by atoms with Crippen LogP contribution in [0.5, 0.6) is 0 Å². The molecule has 3 unspecified atom stereocenters. The normalized spacial score (nSPS) is 19.9. The molecule has 8 nitrogen and oxygen atoms in total. The number of aromatic nitrogens is 1. The third-order valence-corrected chi connectivity index (χ3v) is 7.88. The van der Waals surface area contributed by atoms with Gasteiger partial charge in [0, 0.05) is 19.2 Å². The fourth-order valence-electron chi connectivity index (χ4n) is 4.39. The van der Waals surface area contributed by atoms with Gasteiger partial charge in [0.1, 0.15) is 6.04 Å². The van der Waals surface area contributed by atoms with Gasteiger partial charge in [-0.25, -0.2) is 13.2 Å². The number of rotatable bonds is 7. The molecular weight excluding hydrogens is 442 g/mol. The van der Waals surface area contributed by atoms with Crippen LogP contribution in [0.3, 0.4) is 0 Å². The van der Waals surface area contributed by atoms with Gasteiger partial charge in [-0.15, -0.1) is 0 Å². The van der Waals surface area contributed by atoms with E-state index in [4.69, 9.17) is 4.42 Å². The number of benzene rings is 2. The van der Waals surface area contributed by atoms with Crippen LogP contribution in [0.15, 0.2) is 62.6 Å². The standard InChI is InChI=1S/C24H29N3O5S/c1-16-8-6-7-11-19(16)25-23(28)20(14-17-9-4-3-5-10-17)26-33(30,31)18-12-13-21-22(15-18)32-24(29)27(21)2/h3-5,9-10,12-13,15-16,19-20,26H,6-8,11,14H2,1-2H3,(H,25,28). The van der Waals surface area contributed by atoms with Crippen molar-refractivity contribution in [1.29, 1.82) is 0 Å². The number of nitrogens with zero attached hydrogens (tertiary/aromatic N) is 1. The van der Waals surface area contributed by atoms with E-state index in [0.717, 1.165) is 31.2 Å². The number of amides is 1. The lowest BCUT2D eigenvalue weighted by molar-refractivity contribution is -0.124. The zero-order valence-electron chi connectivity index (χ0n) is 18.8. The van der Waals surface area contributed by atoms with Crippen LogP contribution in [-0.4, -0.2) is 31.0 Å². The van der Waals surface area contributed by atoms with Gasteiger partial charge in [-0.2, -0.15) is 4.72 Å². The molecule has 0 aliphatic heterocycles. The Morgan fingerprint density at radius 2 is 1.88 bits per heavy atom. The molecular formula is C24H29N3O5S. The van der Waals surface area contributed by atoms with E-state index in [9.17, 15) is 18.0 Å². The molecule has 0 bridgehead atoms. The number of nitrogens with one attached hydrogen (secondary N) is 2. The Morgan fingerprint density at radius 3 is 2.61 bits per heavy atom. The third kappa shape index (κ3) is 5.20. The first kappa shape index (κ1) is 23.3. The highest BCUT2D eigenvalue weighted by molar-refractivity contribution is 7.89. The summed E-state index contributed by atoms with van der Waals surface area (Å²) in [4.78, 5) is 24.9. The summed E-state index contributed by atoms with van der Waals surface area (Å²) in [5.74, 6) is -0.566. The quantitative estimate of drug-likeness (QED) is 0.551. The smallest absolute Gasteiger partial charge is 0.408 e. The number of aryl methyl sites for hydroxylation is 1. The molecule has 1 saturated carbocycles. The minimum Gasteiger partial charge on any atom is -0.408 e. The molecule has 1 heterocycles. The van der Waals surface area contributed by atoms with Gasteiger partial charge in [0.25, 0.3) is 0 Å². The number of oxazole rings is 1. The molecule has 0 saturated heterocycles. The zero-order chi connectivity index (χ0) is 23.6. The van der Waals surface area contributed by atoms with Gasteiger partial charge in [-0.05, 0) is 42.9 Å². The summed E-state index contributed by atoms with van der Waals surface area (Å²) < 4.78 is 35.4. The first-order valence-corrected chi connectivity index (χ1v) is 12.7. The lowest BCUT2D eigenvalue weighted by Crippen LogP contribution is -2.52. The molecule has 1 fully saturated rings. The van der Waals surface area contributed by atoms with Gasteiger partial charge in [0.2, 0.25) is 15.9 Å². The summed E-state index contributed by atoms with van der Waals surface area (Å²) in [6.45, 7) is 2.11. The Balaban J connectivity index is 1.60. The molecule has 4 rings (SSSR count). The molecule has 176 valence electrons. The summed E-state index contributed by atoms with van der Waals surface area (Å²) in [6.07, 6.45) is 4.35. The van der Waals surface area contributed by atoms with E-state index < -0.39 is 21.8 Å². The number of carbonyl (C=O) groups is 1. The van der Waals surface area contributed by atoms with Crippen molar-refractivity contribution in [2.45, 2.75) is 56.0 Å². The number of fused-ring (bicyclic) bond motifs is 1. The zero-order valence-corrected chi connectivity index (χ0v) is 19.6. The molecule has 0 spiro atoms.